The van der Waals surface area contributed by atoms with Crippen LogP contribution in [0.1, 0.15) is 30.5 Å². The number of hydrogen-bond donors (Lipinski definition) is 1. The van der Waals surface area contributed by atoms with Gasteiger partial charge in [-0.2, -0.15) is 5.10 Å². The fraction of sp³-hybridized carbons (Fsp3) is 0.278. The molecular weight excluding hydrogens is 260 g/mol. The maximum atomic E-state index is 5.32. The van der Waals surface area contributed by atoms with Crippen molar-refractivity contribution in [1.29, 1.82) is 0 Å². The number of aryl methyl sites for hydroxylation is 1. The summed E-state index contributed by atoms with van der Waals surface area (Å²) in [5.41, 5.74) is 7.67. The van der Waals surface area contributed by atoms with Crippen LogP contribution in [0.4, 0.5) is 0 Å². The van der Waals surface area contributed by atoms with E-state index in [1.54, 1.807) is 7.11 Å². The van der Waals surface area contributed by atoms with Crippen molar-refractivity contribution in [2.75, 3.05) is 7.11 Å². The predicted molar refractivity (Wildman–Crippen MR) is 87.9 cm³/mol. The van der Waals surface area contributed by atoms with E-state index in [0.29, 0.717) is 6.54 Å². The molecule has 0 saturated carbocycles. The molecule has 0 fully saturated rings. The molecule has 2 aromatic carbocycles. The topological polar surface area (TPSA) is 33.6 Å². The highest BCUT2D eigenvalue weighted by molar-refractivity contribution is 5.98. The number of hydrogen-bond acceptors (Lipinski definition) is 3. The fourth-order valence-corrected chi connectivity index (χ4v) is 2.14. The summed E-state index contributed by atoms with van der Waals surface area (Å²) in [5.74, 6) is 0.880. The quantitative estimate of drug-likeness (QED) is 0.646. The summed E-state index contributed by atoms with van der Waals surface area (Å²) in [6.07, 6.45) is 1.06. The van der Waals surface area contributed by atoms with Gasteiger partial charge in [-0.15, -0.1) is 0 Å². The molecule has 0 atom stereocenters. The highest BCUT2D eigenvalue weighted by Gasteiger charge is 2.01. The predicted octanol–water partition coefficient (Wildman–Crippen LogP) is 3.77. The molecule has 0 amide bonds. The van der Waals surface area contributed by atoms with Crippen LogP contribution >= 0.6 is 0 Å². The monoisotopic (exact) mass is 282 g/mol. The van der Waals surface area contributed by atoms with Crippen molar-refractivity contribution in [3.63, 3.8) is 0 Å². The summed E-state index contributed by atoms with van der Waals surface area (Å²) in [4.78, 5) is 0. The van der Waals surface area contributed by atoms with Crippen molar-refractivity contribution in [3.8, 4) is 5.75 Å². The molecule has 0 aliphatic heterocycles. The number of benzene rings is 2. The number of hydrazone groups is 1. The molecule has 0 bridgehead atoms. The van der Waals surface area contributed by atoms with E-state index in [1.165, 1.54) is 5.56 Å². The summed E-state index contributed by atoms with van der Waals surface area (Å²) in [6.45, 7) is 4.81. The molecule has 2 rings (SSSR count). The maximum Gasteiger partial charge on any atom is 0.123 e. The SMILES string of the molecule is CCc1ccc(/C(C)=N/NCc2ccccc2OC)cc1. The zero-order valence-electron chi connectivity index (χ0n) is 12.9. The highest BCUT2D eigenvalue weighted by Crippen LogP contribution is 2.16. The van der Waals surface area contributed by atoms with Gasteiger partial charge in [0.2, 0.25) is 0 Å². The van der Waals surface area contributed by atoms with Crippen LogP contribution in [0.25, 0.3) is 0 Å². The van der Waals surface area contributed by atoms with Crippen molar-refractivity contribution in [1.82, 2.24) is 5.43 Å². The van der Waals surface area contributed by atoms with E-state index in [2.05, 4.69) is 41.7 Å². The lowest BCUT2D eigenvalue weighted by Gasteiger charge is -2.08. The van der Waals surface area contributed by atoms with E-state index in [0.717, 1.165) is 29.0 Å². The number of methoxy groups -OCH3 is 1. The summed E-state index contributed by atoms with van der Waals surface area (Å²) in [5, 5.41) is 4.43. The van der Waals surface area contributed by atoms with Gasteiger partial charge in [0.25, 0.3) is 0 Å². The Kier molecular flexibility index (Phi) is 5.38. The van der Waals surface area contributed by atoms with E-state index in [9.17, 15) is 0 Å². The minimum Gasteiger partial charge on any atom is -0.496 e. The Bertz CT molecular complexity index is 603. The third-order valence-electron chi connectivity index (χ3n) is 3.49. The van der Waals surface area contributed by atoms with Crippen LogP contribution in [0.5, 0.6) is 5.75 Å². The van der Waals surface area contributed by atoms with Crippen LogP contribution in [0.3, 0.4) is 0 Å². The second kappa shape index (κ2) is 7.48. The van der Waals surface area contributed by atoms with Gasteiger partial charge in [-0.1, -0.05) is 49.4 Å². The lowest BCUT2D eigenvalue weighted by Crippen LogP contribution is -2.10. The summed E-state index contributed by atoms with van der Waals surface area (Å²) >= 11 is 0. The van der Waals surface area contributed by atoms with Gasteiger partial charge in [0.05, 0.1) is 19.4 Å². The van der Waals surface area contributed by atoms with Crippen LogP contribution < -0.4 is 10.2 Å². The Hall–Kier alpha value is -2.29. The number of para-hydroxylation sites is 1. The van der Waals surface area contributed by atoms with Crippen molar-refractivity contribution in [2.24, 2.45) is 5.10 Å². The van der Waals surface area contributed by atoms with E-state index < -0.39 is 0 Å². The van der Waals surface area contributed by atoms with Crippen molar-refractivity contribution in [3.05, 3.63) is 65.2 Å². The smallest absolute Gasteiger partial charge is 0.123 e. The third-order valence-corrected chi connectivity index (χ3v) is 3.49. The Labute approximate surface area is 126 Å². The molecule has 0 aromatic heterocycles. The van der Waals surface area contributed by atoms with Crippen molar-refractivity contribution >= 4 is 5.71 Å². The van der Waals surface area contributed by atoms with Gasteiger partial charge < -0.3 is 10.2 Å². The number of nitrogens with zero attached hydrogens (tertiary/aromatic N) is 1. The van der Waals surface area contributed by atoms with Crippen LogP contribution in [0.2, 0.25) is 0 Å². The molecular formula is C18H22N2O. The third kappa shape index (κ3) is 4.09. The number of nitrogens with one attached hydrogen (secondary N) is 1. The van der Waals surface area contributed by atoms with Crippen LogP contribution in [0, 0.1) is 0 Å². The first-order chi connectivity index (χ1) is 10.2. The highest BCUT2D eigenvalue weighted by atomic mass is 16.5. The van der Waals surface area contributed by atoms with Gasteiger partial charge in [-0.05, 0) is 30.5 Å². The lowest BCUT2D eigenvalue weighted by molar-refractivity contribution is 0.408. The molecule has 2 aromatic rings. The largest absolute Gasteiger partial charge is 0.496 e. The van der Waals surface area contributed by atoms with Gasteiger partial charge in [-0.3, -0.25) is 0 Å². The second-order valence-electron chi connectivity index (χ2n) is 4.89. The zero-order valence-corrected chi connectivity index (χ0v) is 12.9. The van der Waals surface area contributed by atoms with Crippen LogP contribution in [-0.2, 0) is 13.0 Å². The molecule has 3 nitrogen and oxygen atoms in total. The molecule has 110 valence electrons. The Morgan fingerprint density at radius 2 is 1.81 bits per heavy atom. The molecule has 0 unspecified atom stereocenters. The zero-order chi connectivity index (χ0) is 15.1. The van der Waals surface area contributed by atoms with Crippen LogP contribution in [0.15, 0.2) is 53.6 Å². The van der Waals surface area contributed by atoms with Gasteiger partial charge in [0, 0.05) is 5.56 Å². The van der Waals surface area contributed by atoms with E-state index >= 15 is 0 Å². The number of ether oxygens (including phenoxy) is 1. The number of rotatable bonds is 6. The first-order valence-corrected chi connectivity index (χ1v) is 7.23. The average Bonchev–Trinajstić information content (AvgIpc) is 2.55. The molecule has 0 aliphatic rings. The Morgan fingerprint density at radius 3 is 2.48 bits per heavy atom. The maximum absolute atomic E-state index is 5.32. The molecule has 21 heavy (non-hydrogen) atoms. The van der Waals surface area contributed by atoms with Gasteiger partial charge >= 0.3 is 0 Å². The standard InChI is InChI=1S/C18H22N2O/c1-4-15-9-11-16(12-10-15)14(2)20-19-13-17-7-5-6-8-18(17)21-3/h5-12,19H,4,13H2,1-3H3/b20-14+. The molecule has 1 N–H and O–H groups in total. The van der Waals surface area contributed by atoms with Crippen molar-refractivity contribution in [2.45, 2.75) is 26.8 Å². The second-order valence-corrected chi connectivity index (χ2v) is 4.89. The molecule has 0 heterocycles. The molecule has 0 saturated heterocycles. The van der Waals surface area contributed by atoms with Gasteiger partial charge in [0.15, 0.2) is 0 Å². The molecule has 0 spiro atoms. The average molecular weight is 282 g/mol. The van der Waals surface area contributed by atoms with E-state index in [4.69, 9.17) is 4.74 Å². The normalized spacial score (nSPS) is 11.3. The minimum atomic E-state index is 0.647. The van der Waals surface area contributed by atoms with E-state index in [-0.39, 0.29) is 0 Å². The van der Waals surface area contributed by atoms with Crippen LogP contribution in [-0.4, -0.2) is 12.8 Å². The molecule has 0 aliphatic carbocycles. The summed E-state index contributed by atoms with van der Waals surface area (Å²) in [6, 6.07) is 16.5. The summed E-state index contributed by atoms with van der Waals surface area (Å²) < 4.78 is 5.32. The summed E-state index contributed by atoms with van der Waals surface area (Å²) in [7, 11) is 1.68. The fourth-order valence-electron chi connectivity index (χ4n) is 2.14. The Morgan fingerprint density at radius 1 is 1.10 bits per heavy atom. The molecule has 3 heteroatoms. The van der Waals surface area contributed by atoms with Gasteiger partial charge in [0.1, 0.15) is 5.75 Å². The Balaban J connectivity index is 1.99. The first-order valence-electron chi connectivity index (χ1n) is 7.23. The van der Waals surface area contributed by atoms with E-state index in [1.807, 2.05) is 31.2 Å². The van der Waals surface area contributed by atoms with Gasteiger partial charge in [-0.25, -0.2) is 0 Å². The lowest BCUT2D eigenvalue weighted by atomic mass is 10.1. The first kappa shape index (κ1) is 15.1. The van der Waals surface area contributed by atoms with Crippen molar-refractivity contribution < 1.29 is 4.74 Å². The minimum absolute atomic E-state index is 0.647. The molecule has 0 radical (unpaired) electrons.